The van der Waals surface area contributed by atoms with Gasteiger partial charge in [-0.25, -0.2) is 0 Å². The summed E-state index contributed by atoms with van der Waals surface area (Å²) in [5, 5.41) is 12.9. The minimum absolute atomic E-state index is 0.00678. The van der Waals surface area contributed by atoms with Gasteiger partial charge < -0.3 is 15.3 Å². The Kier molecular flexibility index (Phi) is 7.21. The highest BCUT2D eigenvalue weighted by Gasteiger charge is 2.18. The molecule has 1 aliphatic carbocycles. The van der Waals surface area contributed by atoms with E-state index in [1.165, 1.54) is 0 Å². The number of fused-ring (bicyclic) bond motifs is 1. The number of nitrogens with two attached hydrogens (primary N) is 1. The topological polar surface area (TPSA) is 102 Å². The number of amides is 1. The first-order valence-corrected chi connectivity index (χ1v) is 8.60. The van der Waals surface area contributed by atoms with Crippen LogP contribution in [0.2, 0.25) is 0 Å². The van der Waals surface area contributed by atoms with Gasteiger partial charge in [0.05, 0.1) is 6.10 Å². The van der Waals surface area contributed by atoms with Gasteiger partial charge in [-0.15, -0.1) is 0 Å². The highest BCUT2D eigenvalue weighted by molar-refractivity contribution is 5.90. The zero-order chi connectivity index (χ0) is 17.4. The smallest absolute Gasteiger partial charge is 0.324 e. The number of anilines is 1. The van der Waals surface area contributed by atoms with Crippen LogP contribution >= 0.6 is 0 Å². The van der Waals surface area contributed by atoms with E-state index in [0.717, 1.165) is 61.8 Å². The van der Waals surface area contributed by atoms with Crippen LogP contribution < -0.4 is 11.2 Å². The summed E-state index contributed by atoms with van der Waals surface area (Å²) in [6, 6.07) is 5.73. The van der Waals surface area contributed by atoms with Gasteiger partial charge in [-0.3, -0.25) is 9.59 Å². The van der Waals surface area contributed by atoms with Gasteiger partial charge in [-0.2, -0.15) is 5.90 Å². The zero-order valence-electron chi connectivity index (χ0n) is 13.9. The molecule has 1 aromatic carbocycles. The number of carbonyl (C=O) groups is 2. The first kappa shape index (κ1) is 18.4. The van der Waals surface area contributed by atoms with E-state index in [9.17, 15) is 14.7 Å². The van der Waals surface area contributed by atoms with Crippen LogP contribution in [0.25, 0.3) is 0 Å². The second-order valence-electron chi connectivity index (χ2n) is 6.27. The number of unbranched alkanes of at least 4 members (excludes halogenated alkanes) is 3. The maximum Gasteiger partial charge on any atom is 0.324 e. The van der Waals surface area contributed by atoms with E-state index in [2.05, 4.69) is 10.2 Å². The van der Waals surface area contributed by atoms with E-state index in [0.29, 0.717) is 12.8 Å². The number of rotatable bonds is 8. The van der Waals surface area contributed by atoms with Crippen molar-refractivity contribution < 1.29 is 19.5 Å². The molecule has 6 heteroatoms. The molecule has 1 unspecified atom stereocenters. The monoisotopic (exact) mass is 334 g/mol. The molecule has 6 nitrogen and oxygen atoms in total. The summed E-state index contributed by atoms with van der Waals surface area (Å²) < 4.78 is 0. The third-order valence-corrected chi connectivity index (χ3v) is 4.38. The number of hydrogen-bond donors (Lipinski definition) is 3. The predicted octanol–water partition coefficient (Wildman–Crippen LogP) is 2.75. The van der Waals surface area contributed by atoms with Gasteiger partial charge in [0.15, 0.2) is 0 Å². The Morgan fingerprint density at radius 1 is 1.21 bits per heavy atom. The van der Waals surface area contributed by atoms with E-state index in [1.807, 2.05) is 18.2 Å². The molecule has 1 atom stereocenters. The number of aliphatic hydroxyl groups is 1. The second-order valence-corrected chi connectivity index (χ2v) is 6.27. The summed E-state index contributed by atoms with van der Waals surface area (Å²) in [4.78, 5) is 26.9. The van der Waals surface area contributed by atoms with Crippen molar-refractivity contribution in [3.05, 3.63) is 29.3 Å². The molecular weight excluding hydrogens is 308 g/mol. The van der Waals surface area contributed by atoms with E-state index < -0.39 is 5.97 Å². The maximum atomic E-state index is 12.0. The van der Waals surface area contributed by atoms with Crippen molar-refractivity contribution in [2.45, 2.75) is 63.9 Å². The second kappa shape index (κ2) is 9.39. The zero-order valence-corrected chi connectivity index (χ0v) is 13.9. The summed E-state index contributed by atoms with van der Waals surface area (Å²) in [6.45, 7) is 0. The van der Waals surface area contributed by atoms with Crippen LogP contribution in [0.15, 0.2) is 18.2 Å². The lowest BCUT2D eigenvalue weighted by molar-refractivity contribution is -0.144. The molecule has 1 amide bonds. The van der Waals surface area contributed by atoms with Crippen LogP contribution in [0.4, 0.5) is 5.69 Å². The van der Waals surface area contributed by atoms with Crippen molar-refractivity contribution in [1.82, 2.24) is 0 Å². The van der Waals surface area contributed by atoms with Gasteiger partial charge in [0.25, 0.3) is 0 Å². The summed E-state index contributed by atoms with van der Waals surface area (Å²) in [7, 11) is 0. The summed E-state index contributed by atoms with van der Waals surface area (Å²) in [5.41, 5.74) is 2.90. The Labute approximate surface area is 142 Å². The number of hydrogen-bond acceptors (Lipinski definition) is 5. The number of carbonyl (C=O) groups excluding carboxylic acids is 2. The standard InChI is InChI=1S/C18H26N2O4/c19-24-18(23)9-4-2-1-3-8-17(22)20-14-10-11-15-13(12-14)6-5-7-16(15)21/h10-12,16,21H,1-9,19H2,(H,20,22). The van der Waals surface area contributed by atoms with Crippen LogP contribution in [-0.4, -0.2) is 17.0 Å². The Morgan fingerprint density at radius 3 is 2.71 bits per heavy atom. The Bertz CT molecular complexity index is 574. The van der Waals surface area contributed by atoms with Crippen molar-refractivity contribution in [3.8, 4) is 0 Å². The van der Waals surface area contributed by atoms with Crippen molar-refractivity contribution >= 4 is 17.6 Å². The highest BCUT2D eigenvalue weighted by atomic mass is 16.7. The van der Waals surface area contributed by atoms with E-state index in [-0.39, 0.29) is 12.0 Å². The third-order valence-electron chi connectivity index (χ3n) is 4.38. The molecule has 0 fully saturated rings. The third kappa shape index (κ3) is 5.62. The summed E-state index contributed by atoms with van der Waals surface area (Å²) in [6.07, 6.45) is 6.41. The van der Waals surface area contributed by atoms with Gasteiger partial charge in [0.2, 0.25) is 5.91 Å². The van der Waals surface area contributed by atoms with E-state index in [1.54, 1.807) is 0 Å². The Balaban J connectivity index is 1.68. The summed E-state index contributed by atoms with van der Waals surface area (Å²) >= 11 is 0. The Hall–Kier alpha value is -1.92. The molecule has 0 saturated carbocycles. The SMILES string of the molecule is NOC(=O)CCCCCCC(=O)Nc1ccc2c(c1)CCCC2O. The molecule has 1 aliphatic rings. The van der Waals surface area contributed by atoms with Crippen molar-refractivity contribution in [3.63, 3.8) is 0 Å². The molecule has 0 aromatic heterocycles. The quantitative estimate of drug-likeness (QED) is 0.501. The van der Waals surface area contributed by atoms with Gasteiger partial charge >= 0.3 is 5.97 Å². The van der Waals surface area contributed by atoms with Gasteiger partial charge in [-0.1, -0.05) is 18.9 Å². The Morgan fingerprint density at radius 2 is 1.96 bits per heavy atom. The van der Waals surface area contributed by atoms with E-state index in [4.69, 9.17) is 5.90 Å². The van der Waals surface area contributed by atoms with Crippen molar-refractivity contribution in [1.29, 1.82) is 0 Å². The summed E-state index contributed by atoms with van der Waals surface area (Å²) in [5.74, 6) is 4.36. The number of nitrogens with one attached hydrogen (secondary N) is 1. The number of aryl methyl sites for hydroxylation is 1. The van der Waals surface area contributed by atoms with Gasteiger partial charge in [-0.05, 0) is 55.4 Å². The lowest BCUT2D eigenvalue weighted by Gasteiger charge is -2.22. The lowest BCUT2D eigenvalue weighted by Crippen LogP contribution is -2.13. The van der Waals surface area contributed by atoms with E-state index >= 15 is 0 Å². The predicted molar refractivity (Wildman–Crippen MR) is 91.0 cm³/mol. The fourth-order valence-corrected chi connectivity index (χ4v) is 3.06. The van der Waals surface area contributed by atoms with Gasteiger partial charge in [0, 0.05) is 18.5 Å². The number of benzene rings is 1. The van der Waals surface area contributed by atoms with Crippen molar-refractivity contribution in [2.75, 3.05) is 5.32 Å². The molecule has 24 heavy (non-hydrogen) atoms. The molecule has 4 N–H and O–H groups in total. The number of aliphatic hydroxyl groups excluding tert-OH is 1. The molecule has 0 saturated heterocycles. The maximum absolute atomic E-state index is 12.0. The van der Waals surface area contributed by atoms with Crippen LogP contribution in [0.5, 0.6) is 0 Å². The lowest BCUT2D eigenvalue weighted by atomic mass is 9.89. The minimum Gasteiger partial charge on any atom is -0.388 e. The van der Waals surface area contributed by atoms with Crippen LogP contribution in [0.1, 0.15) is 68.6 Å². The average molecular weight is 334 g/mol. The highest BCUT2D eigenvalue weighted by Crippen LogP contribution is 2.31. The molecule has 0 bridgehead atoms. The molecule has 132 valence electrons. The van der Waals surface area contributed by atoms with Crippen LogP contribution in [0, 0.1) is 0 Å². The fraction of sp³-hybridized carbons (Fsp3) is 0.556. The van der Waals surface area contributed by atoms with Crippen molar-refractivity contribution in [2.24, 2.45) is 5.90 Å². The molecule has 0 radical (unpaired) electrons. The molecule has 2 rings (SSSR count). The molecular formula is C18H26N2O4. The first-order valence-electron chi connectivity index (χ1n) is 8.60. The molecule has 0 aliphatic heterocycles. The normalized spacial score (nSPS) is 16.3. The fourth-order valence-electron chi connectivity index (χ4n) is 3.06. The van der Waals surface area contributed by atoms with Gasteiger partial charge in [0.1, 0.15) is 0 Å². The molecule has 0 spiro atoms. The van der Waals surface area contributed by atoms with Crippen LogP contribution in [-0.2, 0) is 20.8 Å². The molecule has 1 aromatic rings. The largest absolute Gasteiger partial charge is 0.388 e. The molecule has 0 heterocycles. The average Bonchev–Trinajstić information content (AvgIpc) is 2.57. The minimum atomic E-state index is -0.398. The first-order chi connectivity index (χ1) is 11.6. The van der Waals surface area contributed by atoms with Crippen LogP contribution in [0.3, 0.4) is 0 Å².